The van der Waals surface area contributed by atoms with Crippen LogP contribution in [0, 0.1) is 0 Å². The van der Waals surface area contributed by atoms with Gasteiger partial charge in [-0.3, -0.25) is 14.3 Å². The Labute approximate surface area is 161 Å². The van der Waals surface area contributed by atoms with Gasteiger partial charge >= 0.3 is 5.69 Å². The van der Waals surface area contributed by atoms with Gasteiger partial charge in [0, 0.05) is 12.3 Å². The molecule has 9 nitrogen and oxygen atoms in total. The summed E-state index contributed by atoms with van der Waals surface area (Å²) in [6.45, 7) is 1.64. The van der Waals surface area contributed by atoms with Gasteiger partial charge in [0.1, 0.15) is 18.3 Å². The molecule has 1 unspecified atom stereocenters. The monoisotopic (exact) mass is 392 g/mol. The van der Waals surface area contributed by atoms with E-state index in [0.717, 1.165) is 10.1 Å². The molecular weight excluding hydrogens is 368 g/mol. The SMILES string of the molecule is CC(OCCc1ccccc1)O[C@@H]1[C@H](O)[C@@H](CO)O[C@H]1n1ccc(=O)[nH]c1=O. The first-order chi connectivity index (χ1) is 13.5. The Kier molecular flexibility index (Phi) is 6.76. The third kappa shape index (κ3) is 4.75. The van der Waals surface area contributed by atoms with Crippen LogP contribution in [0.15, 0.2) is 52.2 Å². The van der Waals surface area contributed by atoms with Crippen molar-refractivity contribution in [1.29, 1.82) is 0 Å². The summed E-state index contributed by atoms with van der Waals surface area (Å²) in [5.41, 5.74) is -0.125. The van der Waals surface area contributed by atoms with Gasteiger partial charge in [-0.1, -0.05) is 30.3 Å². The van der Waals surface area contributed by atoms with E-state index in [0.29, 0.717) is 13.0 Å². The van der Waals surface area contributed by atoms with Crippen LogP contribution in [0.1, 0.15) is 18.7 Å². The molecule has 1 fully saturated rings. The summed E-state index contributed by atoms with van der Waals surface area (Å²) >= 11 is 0. The molecule has 3 rings (SSSR count). The number of hydrogen-bond donors (Lipinski definition) is 3. The lowest BCUT2D eigenvalue weighted by molar-refractivity contribution is -0.193. The van der Waals surface area contributed by atoms with Gasteiger partial charge < -0.3 is 24.4 Å². The van der Waals surface area contributed by atoms with E-state index in [-0.39, 0.29) is 0 Å². The van der Waals surface area contributed by atoms with Gasteiger partial charge in [-0.15, -0.1) is 0 Å². The highest BCUT2D eigenvalue weighted by Crippen LogP contribution is 2.31. The molecule has 1 aromatic heterocycles. The Morgan fingerprint density at radius 1 is 1.25 bits per heavy atom. The lowest BCUT2D eigenvalue weighted by atomic mass is 10.1. The minimum atomic E-state index is -1.17. The van der Waals surface area contributed by atoms with Crippen molar-refractivity contribution < 1.29 is 24.4 Å². The number of aliphatic hydroxyl groups is 2. The molecule has 1 aromatic carbocycles. The Bertz CT molecular complexity index is 866. The Morgan fingerprint density at radius 2 is 2.00 bits per heavy atom. The molecule has 0 radical (unpaired) electrons. The minimum Gasteiger partial charge on any atom is -0.394 e. The molecule has 3 N–H and O–H groups in total. The fourth-order valence-electron chi connectivity index (χ4n) is 3.12. The number of aromatic amines is 1. The van der Waals surface area contributed by atoms with Gasteiger partial charge in [-0.25, -0.2) is 4.79 Å². The standard InChI is InChI=1S/C19H24N2O7/c1-12(26-10-8-13-5-3-2-4-6-13)27-17-16(24)14(11-22)28-18(17)21-9-7-15(23)20-19(21)25/h2-7,9,12,14,16-18,22,24H,8,10-11H2,1H3,(H,20,23,25)/t12?,14-,16-,17-,18-/m1/s1. The number of ether oxygens (including phenoxy) is 3. The predicted molar refractivity (Wildman–Crippen MR) is 98.8 cm³/mol. The number of nitrogens with zero attached hydrogens (tertiary/aromatic N) is 1. The topological polar surface area (TPSA) is 123 Å². The van der Waals surface area contributed by atoms with Crippen LogP contribution in [0.25, 0.3) is 0 Å². The van der Waals surface area contributed by atoms with Gasteiger partial charge in [0.05, 0.1) is 13.2 Å². The molecule has 2 heterocycles. The number of H-pyrrole nitrogens is 1. The van der Waals surface area contributed by atoms with Crippen molar-refractivity contribution >= 4 is 0 Å². The first kappa shape index (κ1) is 20.4. The maximum atomic E-state index is 12.1. The molecule has 1 aliphatic heterocycles. The van der Waals surface area contributed by atoms with E-state index < -0.39 is 48.7 Å². The first-order valence-electron chi connectivity index (χ1n) is 9.06. The Balaban J connectivity index is 1.66. The van der Waals surface area contributed by atoms with Crippen molar-refractivity contribution in [2.75, 3.05) is 13.2 Å². The second-order valence-electron chi connectivity index (χ2n) is 6.53. The van der Waals surface area contributed by atoms with Crippen LogP contribution in [-0.4, -0.2) is 57.6 Å². The quantitative estimate of drug-likeness (QED) is 0.531. The summed E-state index contributed by atoms with van der Waals surface area (Å²) in [6, 6.07) is 11.0. The van der Waals surface area contributed by atoms with E-state index in [1.165, 1.54) is 12.3 Å². The largest absolute Gasteiger partial charge is 0.394 e. The average Bonchev–Trinajstić information content (AvgIpc) is 2.98. The first-order valence-corrected chi connectivity index (χ1v) is 9.06. The highest BCUT2D eigenvalue weighted by Gasteiger charge is 2.46. The zero-order chi connectivity index (χ0) is 20.1. The second kappa shape index (κ2) is 9.26. The highest BCUT2D eigenvalue weighted by atomic mass is 16.7. The summed E-state index contributed by atoms with van der Waals surface area (Å²) in [5.74, 6) is 0. The fourth-order valence-corrected chi connectivity index (χ4v) is 3.12. The van der Waals surface area contributed by atoms with Gasteiger partial charge in [0.2, 0.25) is 0 Å². The fraction of sp³-hybridized carbons (Fsp3) is 0.474. The van der Waals surface area contributed by atoms with Gasteiger partial charge in [-0.2, -0.15) is 0 Å². The third-order valence-electron chi connectivity index (χ3n) is 4.55. The van der Waals surface area contributed by atoms with Crippen LogP contribution >= 0.6 is 0 Å². The molecule has 0 saturated carbocycles. The lowest BCUT2D eigenvalue weighted by Gasteiger charge is -2.25. The van der Waals surface area contributed by atoms with E-state index in [4.69, 9.17) is 14.2 Å². The minimum absolute atomic E-state index is 0.404. The van der Waals surface area contributed by atoms with E-state index in [1.807, 2.05) is 30.3 Å². The number of rotatable bonds is 8. The van der Waals surface area contributed by atoms with Crippen molar-refractivity contribution in [3.63, 3.8) is 0 Å². The van der Waals surface area contributed by atoms with Crippen LogP contribution in [-0.2, 0) is 20.6 Å². The van der Waals surface area contributed by atoms with E-state index in [2.05, 4.69) is 4.98 Å². The molecule has 0 spiro atoms. The molecule has 0 amide bonds. The molecule has 1 aliphatic rings. The van der Waals surface area contributed by atoms with Gasteiger partial charge in [-0.05, 0) is 18.9 Å². The van der Waals surface area contributed by atoms with E-state index >= 15 is 0 Å². The van der Waals surface area contributed by atoms with Crippen LogP contribution in [0.3, 0.4) is 0 Å². The molecule has 2 aromatic rings. The Hall–Kier alpha value is -2.30. The van der Waals surface area contributed by atoms with Gasteiger partial charge in [0.15, 0.2) is 12.5 Å². The van der Waals surface area contributed by atoms with Gasteiger partial charge in [0.25, 0.3) is 5.56 Å². The normalized spacial score (nSPS) is 25.7. The third-order valence-corrected chi connectivity index (χ3v) is 4.55. The van der Waals surface area contributed by atoms with Crippen molar-refractivity contribution in [2.24, 2.45) is 0 Å². The Morgan fingerprint density at radius 3 is 2.68 bits per heavy atom. The van der Waals surface area contributed by atoms with Crippen molar-refractivity contribution in [3.8, 4) is 0 Å². The zero-order valence-corrected chi connectivity index (χ0v) is 15.4. The van der Waals surface area contributed by atoms with E-state index in [1.54, 1.807) is 6.92 Å². The second-order valence-corrected chi connectivity index (χ2v) is 6.53. The summed E-state index contributed by atoms with van der Waals surface area (Å²) in [7, 11) is 0. The average molecular weight is 392 g/mol. The zero-order valence-electron chi connectivity index (χ0n) is 15.4. The van der Waals surface area contributed by atoms with Crippen molar-refractivity contribution in [3.05, 3.63) is 69.0 Å². The molecule has 1 saturated heterocycles. The number of hydrogen-bond acceptors (Lipinski definition) is 7. The summed E-state index contributed by atoms with van der Waals surface area (Å²) in [6.07, 6.45) is -2.82. The maximum absolute atomic E-state index is 12.1. The molecular formula is C19H24N2O7. The molecule has 9 heteroatoms. The molecule has 28 heavy (non-hydrogen) atoms. The number of benzene rings is 1. The molecule has 0 aliphatic carbocycles. The van der Waals surface area contributed by atoms with Crippen LogP contribution in [0.5, 0.6) is 0 Å². The summed E-state index contributed by atoms with van der Waals surface area (Å²) < 4.78 is 18.1. The van der Waals surface area contributed by atoms with Crippen molar-refractivity contribution in [1.82, 2.24) is 9.55 Å². The predicted octanol–water partition coefficient (Wildman–Crippen LogP) is -0.222. The maximum Gasteiger partial charge on any atom is 0.330 e. The molecule has 152 valence electrons. The lowest BCUT2D eigenvalue weighted by Crippen LogP contribution is -2.41. The summed E-state index contributed by atoms with van der Waals surface area (Å²) in [4.78, 5) is 25.5. The van der Waals surface area contributed by atoms with Crippen LogP contribution < -0.4 is 11.2 Å². The van der Waals surface area contributed by atoms with Crippen molar-refractivity contribution in [2.45, 2.75) is 44.2 Å². The highest BCUT2D eigenvalue weighted by molar-refractivity contribution is 5.14. The van der Waals surface area contributed by atoms with Crippen LogP contribution in [0.2, 0.25) is 0 Å². The summed E-state index contributed by atoms with van der Waals surface area (Å²) in [5, 5.41) is 19.8. The number of nitrogens with one attached hydrogen (secondary N) is 1. The van der Waals surface area contributed by atoms with E-state index in [9.17, 15) is 19.8 Å². The molecule has 0 bridgehead atoms. The smallest absolute Gasteiger partial charge is 0.330 e. The number of aromatic nitrogens is 2. The van der Waals surface area contributed by atoms with Crippen LogP contribution in [0.4, 0.5) is 0 Å². The molecule has 5 atom stereocenters. The number of aliphatic hydroxyl groups excluding tert-OH is 2.